The number of piperidine rings is 1. The first-order chi connectivity index (χ1) is 5.66. The van der Waals surface area contributed by atoms with Gasteiger partial charge in [-0.3, -0.25) is 4.79 Å². The van der Waals surface area contributed by atoms with Crippen molar-refractivity contribution in [3.8, 4) is 0 Å². The van der Waals surface area contributed by atoms with Crippen molar-refractivity contribution in [2.24, 2.45) is 5.92 Å². The summed E-state index contributed by atoms with van der Waals surface area (Å²) in [6.45, 7) is 4.79. The van der Waals surface area contributed by atoms with Gasteiger partial charge in [0, 0.05) is 0 Å². The van der Waals surface area contributed by atoms with E-state index in [0.717, 1.165) is 5.92 Å². The van der Waals surface area contributed by atoms with Crippen LogP contribution in [0.5, 0.6) is 0 Å². The fourth-order valence-electron chi connectivity index (χ4n) is 0.966. The zero-order valence-corrected chi connectivity index (χ0v) is 7.80. The predicted octanol–water partition coefficient (Wildman–Crippen LogP) is 0.927. The van der Waals surface area contributed by atoms with Crippen LogP contribution < -0.4 is 5.32 Å². The predicted molar refractivity (Wildman–Crippen MR) is 49.4 cm³/mol. The molecule has 2 radical (unpaired) electrons. The maximum Gasteiger partial charge on any atom is 0.235 e. The maximum absolute atomic E-state index is 9.37. The number of rotatable bonds is 0. The average Bonchev–Trinajstić information content (AvgIpc) is 2.07. The van der Waals surface area contributed by atoms with Crippen LogP contribution in [-0.2, 0) is 4.74 Å². The van der Waals surface area contributed by atoms with E-state index in [1.165, 1.54) is 33.0 Å². The summed E-state index contributed by atoms with van der Waals surface area (Å²) in [5.41, 5.74) is 0. The van der Waals surface area contributed by atoms with Crippen LogP contribution in [0.2, 0.25) is 0 Å². The minimum absolute atomic E-state index is 0.745. The van der Waals surface area contributed by atoms with Gasteiger partial charge in [-0.05, 0) is 31.8 Å². The summed E-state index contributed by atoms with van der Waals surface area (Å²) in [4.78, 5) is 9.37. The Hall–Kier alpha value is -0.505. The third-order valence-corrected chi connectivity index (χ3v) is 1.83. The topological polar surface area (TPSA) is 38.3 Å². The van der Waals surface area contributed by atoms with Gasteiger partial charge in [-0.1, -0.05) is 6.92 Å². The van der Waals surface area contributed by atoms with Gasteiger partial charge >= 0.3 is 0 Å². The molecule has 0 saturated carbocycles. The fraction of sp³-hybridized carbons (Fsp3) is 0.875. The lowest BCUT2D eigenvalue weighted by Crippen LogP contribution is -2.26. The van der Waals surface area contributed by atoms with E-state index in [1.54, 1.807) is 0 Å². The standard InChI is InChI=1S/C6H13N.C2H3BO2/c1-6-2-4-7-5-3-6;1-5-2(3)4/h6-7H,2-5H2,1H3;1H3. The molecule has 1 fully saturated rings. The minimum atomic E-state index is -0.745. The normalized spacial score (nSPS) is 17.5. The zero-order chi connectivity index (χ0) is 9.40. The number of carbonyl (C=O) groups excluding carboxylic acids is 1. The van der Waals surface area contributed by atoms with Crippen LogP contribution in [0.25, 0.3) is 0 Å². The number of hydrogen-bond donors (Lipinski definition) is 1. The largest absolute Gasteiger partial charge is 0.478 e. The van der Waals surface area contributed by atoms with Gasteiger partial charge in [-0.2, -0.15) is 0 Å². The molecule has 0 spiro atoms. The fourth-order valence-corrected chi connectivity index (χ4v) is 0.966. The van der Waals surface area contributed by atoms with E-state index in [9.17, 15) is 4.79 Å². The molecule has 0 aromatic rings. The van der Waals surface area contributed by atoms with Crippen molar-refractivity contribution in [1.29, 1.82) is 0 Å². The molecule has 0 aromatic carbocycles. The molecule has 1 aliphatic heterocycles. The number of ether oxygens (including phenoxy) is 1. The number of carbonyl (C=O) groups is 1. The smallest absolute Gasteiger partial charge is 0.235 e. The Morgan fingerprint density at radius 1 is 1.50 bits per heavy atom. The molecule has 12 heavy (non-hydrogen) atoms. The Kier molecular flexibility index (Phi) is 6.86. The molecular formula is C8H16BNO2. The third-order valence-electron chi connectivity index (χ3n) is 1.83. The van der Waals surface area contributed by atoms with Crippen molar-refractivity contribution in [3.63, 3.8) is 0 Å². The Morgan fingerprint density at radius 2 is 1.92 bits per heavy atom. The third kappa shape index (κ3) is 7.60. The van der Waals surface area contributed by atoms with E-state index in [1.807, 2.05) is 0 Å². The first kappa shape index (κ1) is 11.5. The highest BCUT2D eigenvalue weighted by Crippen LogP contribution is 2.08. The van der Waals surface area contributed by atoms with E-state index >= 15 is 0 Å². The van der Waals surface area contributed by atoms with Crippen LogP contribution in [-0.4, -0.2) is 33.9 Å². The summed E-state index contributed by atoms with van der Waals surface area (Å²) >= 11 is 0. The van der Waals surface area contributed by atoms with E-state index in [0.29, 0.717) is 0 Å². The van der Waals surface area contributed by atoms with Crippen LogP contribution in [0.15, 0.2) is 0 Å². The first-order valence-corrected chi connectivity index (χ1v) is 4.21. The first-order valence-electron chi connectivity index (χ1n) is 4.21. The van der Waals surface area contributed by atoms with Crippen molar-refractivity contribution >= 4 is 13.7 Å². The van der Waals surface area contributed by atoms with Gasteiger partial charge in [0.1, 0.15) is 0 Å². The summed E-state index contributed by atoms with van der Waals surface area (Å²) in [6.07, 6.45) is 2.75. The van der Waals surface area contributed by atoms with E-state index in [-0.39, 0.29) is 0 Å². The van der Waals surface area contributed by atoms with Gasteiger partial charge in [0.2, 0.25) is 13.7 Å². The summed E-state index contributed by atoms with van der Waals surface area (Å²) in [7, 11) is 5.66. The molecule has 1 rings (SSSR count). The molecule has 68 valence electrons. The molecule has 0 aromatic heterocycles. The maximum atomic E-state index is 9.37. The molecule has 1 aliphatic rings. The number of nitrogens with one attached hydrogen (secondary N) is 1. The monoisotopic (exact) mass is 169 g/mol. The molecule has 1 N–H and O–H groups in total. The Bertz CT molecular complexity index is 124. The second-order valence-corrected chi connectivity index (χ2v) is 2.96. The molecule has 0 amide bonds. The van der Waals surface area contributed by atoms with Gasteiger partial charge in [0.25, 0.3) is 0 Å². The van der Waals surface area contributed by atoms with Crippen molar-refractivity contribution in [2.45, 2.75) is 19.8 Å². The second kappa shape index (κ2) is 7.16. The van der Waals surface area contributed by atoms with Crippen molar-refractivity contribution in [3.05, 3.63) is 0 Å². The number of methoxy groups -OCH3 is 1. The zero-order valence-electron chi connectivity index (χ0n) is 7.80. The van der Waals surface area contributed by atoms with Crippen molar-refractivity contribution in [1.82, 2.24) is 5.32 Å². The van der Waals surface area contributed by atoms with Gasteiger partial charge in [0.05, 0.1) is 7.11 Å². The minimum Gasteiger partial charge on any atom is -0.478 e. The number of hydrogen-bond acceptors (Lipinski definition) is 3. The van der Waals surface area contributed by atoms with Crippen LogP contribution in [0.3, 0.4) is 0 Å². The lowest BCUT2D eigenvalue weighted by atomic mass is 10.0. The van der Waals surface area contributed by atoms with Gasteiger partial charge in [-0.15, -0.1) is 0 Å². The van der Waals surface area contributed by atoms with Crippen LogP contribution in [0.4, 0.5) is 4.79 Å². The molecule has 4 heteroatoms. The summed E-state index contributed by atoms with van der Waals surface area (Å²) < 4.78 is 3.89. The summed E-state index contributed by atoms with van der Waals surface area (Å²) in [5, 5.41) is 3.32. The highest BCUT2D eigenvalue weighted by molar-refractivity contribution is 6.55. The quantitative estimate of drug-likeness (QED) is 0.548. The van der Waals surface area contributed by atoms with Crippen LogP contribution >= 0.6 is 0 Å². The summed E-state index contributed by atoms with van der Waals surface area (Å²) in [6, 6.07) is 0. The van der Waals surface area contributed by atoms with Gasteiger partial charge in [0.15, 0.2) is 0 Å². The average molecular weight is 169 g/mol. The van der Waals surface area contributed by atoms with E-state index in [2.05, 4.69) is 24.8 Å². The lowest BCUT2D eigenvalue weighted by Gasteiger charge is -2.17. The van der Waals surface area contributed by atoms with Crippen molar-refractivity contribution < 1.29 is 9.53 Å². The second-order valence-electron chi connectivity index (χ2n) is 2.96. The van der Waals surface area contributed by atoms with Gasteiger partial charge < -0.3 is 10.1 Å². The van der Waals surface area contributed by atoms with Crippen LogP contribution in [0, 0.1) is 5.92 Å². The van der Waals surface area contributed by atoms with E-state index < -0.39 is 5.87 Å². The Labute approximate surface area is 75.3 Å². The molecular weight excluding hydrogens is 153 g/mol. The highest BCUT2D eigenvalue weighted by Gasteiger charge is 2.04. The molecule has 1 saturated heterocycles. The molecule has 0 bridgehead atoms. The lowest BCUT2D eigenvalue weighted by molar-refractivity contribution is 0.198. The molecule has 1 heterocycles. The van der Waals surface area contributed by atoms with Gasteiger partial charge in [-0.25, -0.2) is 0 Å². The van der Waals surface area contributed by atoms with Crippen molar-refractivity contribution in [2.75, 3.05) is 20.2 Å². The Balaban J connectivity index is 0.000000217. The van der Waals surface area contributed by atoms with Crippen LogP contribution in [0.1, 0.15) is 19.8 Å². The Morgan fingerprint density at radius 3 is 2.08 bits per heavy atom. The molecule has 0 atom stereocenters. The van der Waals surface area contributed by atoms with E-state index in [4.69, 9.17) is 0 Å². The summed E-state index contributed by atoms with van der Waals surface area (Å²) in [5.74, 6) is 0.228. The molecule has 0 aliphatic carbocycles. The molecule has 3 nitrogen and oxygen atoms in total. The molecule has 0 unspecified atom stereocenters. The SMILES string of the molecule is CC1CCNCC1.[B]C(=O)OC. The highest BCUT2D eigenvalue weighted by atomic mass is 16.5.